The minimum Gasteiger partial charge on any atom is -0.508 e. The minimum atomic E-state index is -4.09. The van der Waals surface area contributed by atoms with E-state index in [0.717, 1.165) is 0 Å². The molecule has 0 aromatic heterocycles. The van der Waals surface area contributed by atoms with E-state index in [1.165, 1.54) is 6.07 Å². The summed E-state index contributed by atoms with van der Waals surface area (Å²) in [7, 11) is 0. The molecule has 0 atom stereocenters. The van der Waals surface area contributed by atoms with E-state index >= 15 is 0 Å². The van der Waals surface area contributed by atoms with Gasteiger partial charge in [0, 0.05) is 17.1 Å². The summed E-state index contributed by atoms with van der Waals surface area (Å²) < 4.78 is 37.6. The number of likely N-dealkylation sites (tertiary alicyclic amines) is 1. The second-order valence-corrected chi connectivity index (χ2v) is 5.30. The molecule has 19 heavy (non-hydrogen) atoms. The van der Waals surface area contributed by atoms with Crippen LogP contribution in [-0.2, 0) is 6.54 Å². The zero-order valence-electron chi connectivity index (χ0n) is 10.3. The van der Waals surface area contributed by atoms with Crippen LogP contribution in [0, 0.1) is 5.92 Å². The third-order valence-electron chi connectivity index (χ3n) is 3.49. The first-order chi connectivity index (χ1) is 8.86. The molecule has 1 saturated heterocycles. The molecular weight excluding hydrogens is 279 g/mol. The van der Waals surface area contributed by atoms with Crippen molar-refractivity contribution in [2.75, 3.05) is 13.1 Å². The van der Waals surface area contributed by atoms with Gasteiger partial charge in [0.15, 0.2) is 0 Å². The fourth-order valence-electron chi connectivity index (χ4n) is 2.34. The zero-order valence-corrected chi connectivity index (χ0v) is 11.0. The highest BCUT2D eigenvalue weighted by atomic mass is 35.5. The van der Waals surface area contributed by atoms with Crippen LogP contribution < -0.4 is 0 Å². The highest BCUT2D eigenvalue weighted by Gasteiger charge is 2.40. The largest absolute Gasteiger partial charge is 0.508 e. The molecule has 0 radical (unpaired) electrons. The van der Waals surface area contributed by atoms with Gasteiger partial charge in [0.25, 0.3) is 0 Å². The van der Waals surface area contributed by atoms with E-state index in [9.17, 15) is 18.3 Å². The van der Waals surface area contributed by atoms with Crippen LogP contribution in [-0.4, -0.2) is 29.3 Å². The summed E-state index contributed by atoms with van der Waals surface area (Å²) in [6, 6.07) is 4.73. The van der Waals surface area contributed by atoms with Gasteiger partial charge >= 0.3 is 6.18 Å². The van der Waals surface area contributed by atoms with E-state index in [2.05, 4.69) is 0 Å². The summed E-state index contributed by atoms with van der Waals surface area (Å²) in [5, 5.41) is 10.2. The molecule has 106 valence electrons. The Kier molecular flexibility index (Phi) is 4.26. The normalized spacial score (nSPS) is 18.7. The molecule has 2 nitrogen and oxygen atoms in total. The molecule has 1 fully saturated rings. The van der Waals surface area contributed by atoms with Gasteiger partial charge in [-0.1, -0.05) is 11.6 Å². The van der Waals surface area contributed by atoms with Crippen molar-refractivity contribution in [3.05, 3.63) is 28.8 Å². The number of hydrogen-bond donors (Lipinski definition) is 1. The summed E-state index contributed by atoms with van der Waals surface area (Å²) in [5.74, 6) is -1.07. The number of hydrogen-bond acceptors (Lipinski definition) is 2. The molecule has 1 aliphatic heterocycles. The summed E-state index contributed by atoms with van der Waals surface area (Å²) in [6.45, 7) is 1.20. The van der Waals surface area contributed by atoms with Gasteiger partial charge in [0.1, 0.15) is 5.75 Å². The molecule has 2 rings (SSSR count). The monoisotopic (exact) mass is 293 g/mol. The number of benzene rings is 1. The number of aromatic hydroxyl groups is 1. The number of phenols is 1. The Balaban J connectivity index is 1.94. The minimum absolute atomic E-state index is 0.116. The van der Waals surface area contributed by atoms with Crippen molar-refractivity contribution in [2.24, 2.45) is 5.92 Å². The highest BCUT2D eigenvalue weighted by molar-refractivity contribution is 6.30. The molecule has 6 heteroatoms. The number of piperidine rings is 1. The van der Waals surface area contributed by atoms with Crippen molar-refractivity contribution in [2.45, 2.75) is 25.6 Å². The zero-order chi connectivity index (χ0) is 14.0. The van der Waals surface area contributed by atoms with Crippen LogP contribution in [0.5, 0.6) is 5.75 Å². The van der Waals surface area contributed by atoms with E-state index in [-0.39, 0.29) is 18.6 Å². The van der Waals surface area contributed by atoms with Gasteiger partial charge in [-0.05, 0) is 44.1 Å². The fourth-order valence-corrected chi connectivity index (χ4v) is 2.53. The molecule has 1 aromatic carbocycles. The van der Waals surface area contributed by atoms with Crippen LogP contribution in [0.1, 0.15) is 18.4 Å². The fraction of sp³-hybridized carbons (Fsp3) is 0.538. The maximum Gasteiger partial charge on any atom is 0.391 e. The maximum absolute atomic E-state index is 12.5. The smallest absolute Gasteiger partial charge is 0.391 e. The quantitative estimate of drug-likeness (QED) is 0.896. The van der Waals surface area contributed by atoms with Crippen molar-refractivity contribution >= 4 is 11.6 Å². The average molecular weight is 294 g/mol. The van der Waals surface area contributed by atoms with Crippen LogP contribution in [0.15, 0.2) is 18.2 Å². The number of nitrogens with zero attached hydrogens (tertiary/aromatic N) is 1. The van der Waals surface area contributed by atoms with E-state index in [1.54, 1.807) is 12.1 Å². The lowest BCUT2D eigenvalue weighted by atomic mass is 9.96. The molecule has 1 aliphatic rings. The van der Waals surface area contributed by atoms with E-state index in [1.807, 2.05) is 4.90 Å². The lowest BCUT2D eigenvalue weighted by Gasteiger charge is -2.32. The Morgan fingerprint density at radius 3 is 2.47 bits per heavy atom. The summed E-state index contributed by atoms with van der Waals surface area (Å²) in [5.41, 5.74) is 0.651. The summed E-state index contributed by atoms with van der Waals surface area (Å²) >= 11 is 5.84. The van der Waals surface area contributed by atoms with Crippen molar-refractivity contribution < 1.29 is 18.3 Å². The summed E-state index contributed by atoms with van der Waals surface area (Å²) in [6.07, 6.45) is -3.86. The van der Waals surface area contributed by atoms with E-state index in [4.69, 9.17) is 11.6 Å². The second-order valence-electron chi connectivity index (χ2n) is 4.87. The molecule has 1 heterocycles. The first-order valence-electron chi connectivity index (χ1n) is 6.12. The molecule has 1 aromatic rings. The van der Waals surface area contributed by atoms with Crippen LogP contribution in [0.3, 0.4) is 0 Å². The summed E-state index contributed by atoms with van der Waals surface area (Å²) in [4.78, 5) is 1.91. The Morgan fingerprint density at radius 1 is 1.26 bits per heavy atom. The van der Waals surface area contributed by atoms with Crippen molar-refractivity contribution in [3.63, 3.8) is 0 Å². The molecular formula is C13H15ClF3NO. The van der Waals surface area contributed by atoms with Gasteiger partial charge in [-0.25, -0.2) is 0 Å². The number of rotatable bonds is 2. The van der Waals surface area contributed by atoms with Crippen LogP contribution in [0.4, 0.5) is 13.2 Å². The lowest BCUT2D eigenvalue weighted by molar-refractivity contribution is -0.185. The molecule has 0 amide bonds. The van der Waals surface area contributed by atoms with Gasteiger partial charge < -0.3 is 5.11 Å². The average Bonchev–Trinajstić information content (AvgIpc) is 2.33. The molecule has 0 spiro atoms. The topological polar surface area (TPSA) is 23.5 Å². The predicted molar refractivity (Wildman–Crippen MR) is 67.2 cm³/mol. The number of alkyl halides is 3. The van der Waals surface area contributed by atoms with Gasteiger partial charge in [0.2, 0.25) is 0 Å². The van der Waals surface area contributed by atoms with Gasteiger partial charge in [-0.15, -0.1) is 0 Å². The van der Waals surface area contributed by atoms with Crippen LogP contribution in [0.25, 0.3) is 0 Å². The molecule has 1 N–H and O–H groups in total. The lowest BCUT2D eigenvalue weighted by Crippen LogP contribution is -2.38. The van der Waals surface area contributed by atoms with Crippen molar-refractivity contribution in [1.82, 2.24) is 4.90 Å². The van der Waals surface area contributed by atoms with Crippen molar-refractivity contribution in [1.29, 1.82) is 0 Å². The third-order valence-corrected chi connectivity index (χ3v) is 3.72. The third kappa shape index (κ3) is 3.76. The van der Waals surface area contributed by atoms with E-state index < -0.39 is 12.1 Å². The van der Waals surface area contributed by atoms with Crippen LogP contribution in [0.2, 0.25) is 5.02 Å². The Morgan fingerprint density at radius 2 is 1.89 bits per heavy atom. The second kappa shape index (κ2) is 5.59. The first kappa shape index (κ1) is 14.5. The Labute approximate surface area is 114 Å². The predicted octanol–water partition coefficient (Wildman–Crippen LogP) is 3.82. The van der Waals surface area contributed by atoms with Gasteiger partial charge in [0.05, 0.1) is 5.92 Å². The Bertz CT molecular complexity index is 442. The number of phenolic OH excluding ortho intramolecular Hbond substituents is 1. The SMILES string of the molecule is Oc1ccc(Cl)cc1CN1CCC(C(F)(F)F)CC1. The molecule has 0 saturated carbocycles. The highest BCUT2D eigenvalue weighted by Crippen LogP contribution is 2.34. The maximum atomic E-state index is 12.5. The van der Waals surface area contributed by atoms with Crippen molar-refractivity contribution in [3.8, 4) is 5.75 Å². The van der Waals surface area contributed by atoms with Gasteiger partial charge in [-0.3, -0.25) is 4.90 Å². The molecule has 0 unspecified atom stereocenters. The van der Waals surface area contributed by atoms with Crippen LogP contribution >= 0.6 is 11.6 Å². The standard InChI is InChI=1S/C13H15ClF3NO/c14-11-1-2-12(19)9(7-11)8-18-5-3-10(4-6-18)13(15,16)17/h1-2,7,10,19H,3-6,8H2. The molecule has 0 aliphatic carbocycles. The van der Waals surface area contributed by atoms with E-state index in [0.29, 0.717) is 30.2 Å². The number of halogens is 4. The Hall–Kier alpha value is -0.940. The first-order valence-corrected chi connectivity index (χ1v) is 6.50. The van der Waals surface area contributed by atoms with Gasteiger partial charge in [-0.2, -0.15) is 13.2 Å². The molecule has 0 bridgehead atoms.